The van der Waals surface area contributed by atoms with Crippen molar-refractivity contribution in [2.75, 3.05) is 12.4 Å². The smallest absolute Gasteiger partial charge is 0.243 e. The Balaban J connectivity index is 2.25. The van der Waals surface area contributed by atoms with E-state index in [0.29, 0.717) is 5.69 Å². The molecule has 22 heavy (non-hydrogen) atoms. The van der Waals surface area contributed by atoms with Gasteiger partial charge in [-0.05, 0) is 31.0 Å². The van der Waals surface area contributed by atoms with Gasteiger partial charge in [0, 0.05) is 20.0 Å². The molecule has 0 spiro atoms. The summed E-state index contributed by atoms with van der Waals surface area (Å²) < 4.78 is 26.8. The second-order valence-corrected chi connectivity index (χ2v) is 8.04. The van der Waals surface area contributed by atoms with Crippen LogP contribution in [0.5, 0.6) is 0 Å². The summed E-state index contributed by atoms with van der Waals surface area (Å²) in [6.45, 7) is 1.37. The molecule has 1 fully saturated rings. The number of hydrogen-bond donors (Lipinski definition) is 1. The van der Waals surface area contributed by atoms with Gasteiger partial charge in [-0.25, -0.2) is 8.42 Å². The summed E-state index contributed by atoms with van der Waals surface area (Å²) in [6.07, 6.45) is 5.09. The maximum atomic E-state index is 12.7. The standard InChI is InChI=1S/C15H21ClN2O3S/c1-11(19)17-15-9-8-13(10-14(15)16)22(20,21)18(2)12-6-4-3-5-7-12/h8-10,12H,3-7H2,1-2H3,(H,17,19). The lowest BCUT2D eigenvalue weighted by Crippen LogP contribution is -2.38. The molecule has 0 unspecified atom stereocenters. The van der Waals surface area contributed by atoms with Gasteiger partial charge in [-0.3, -0.25) is 4.79 Å². The summed E-state index contributed by atoms with van der Waals surface area (Å²) >= 11 is 6.07. The summed E-state index contributed by atoms with van der Waals surface area (Å²) in [7, 11) is -1.94. The van der Waals surface area contributed by atoms with Crippen molar-refractivity contribution in [3.05, 3.63) is 23.2 Å². The van der Waals surface area contributed by atoms with Crippen LogP contribution >= 0.6 is 11.6 Å². The third-order valence-electron chi connectivity index (χ3n) is 4.02. The van der Waals surface area contributed by atoms with Crippen LogP contribution in [0.3, 0.4) is 0 Å². The third kappa shape index (κ3) is 3.80. The molecule has 0 radical (unpaired) electrons. The van der Waals surface area contributed by atoms with Crippen molar-refractivity contribution in [3.63, 3.8) is 0 Å². The molecule has 1 amide bonds. The number of halogens is 1. The van der Waals surface area contributed by atoms with Crippen LogP contribution < -0.4 is 5.32 Å². The Hall–Kier alpha value is -1.11. The van der Waals surface area contributed by atoms with Crippen LogP contribution in [-0.4, -0.2) is 31.7 Å². The molecule has 122 valence electrons. The maximum Gasteiger partial charge on any atom is 0.243 e. The Bertz CT molecular complexity index is 655. The van der Waals surface area contributed by atoms with Crippen LogP contribution in [0.15, 0.2) is 23.1 Å². The molecule has 1 saturated carbocycles. The van der Waals surface area contributed by atoms with Gasteiger partial charge in [-0.1, -0.05) is 30.9 Å². The molecule has 0 saturated heterocycles. The molecule has 0 heterocycles. The monoisotopic (exact) mass is 344 g/mol. The lowest BCUT2D eigenvalue weighted by Gasteiger charge is -2.30. The van der Waals surface area contributed by atoms with E-state index in [1.165, 1.54) is 35.8 Å². The van der Waals surface area contributed by atoms with Crippen LogP contribution in [0.1, 0.15) is 39.0 Å². The largest absolute Gasteiger partial charge is 0.325 e. The number of rotatable bonds is 4. The number of anilines is 1. The van der Waals surface area contributed by atoms with Gasteiger partial charge < -0.3 is 5.32 Å². The zero-order valence-electron chi connectivity index (χ0n) is 12.8. The van der Waals surface area contributed by atoms with Crippen molar-refractivity contribution in [1.82, 2.24) is 4.31 Å². The molecule has 1 aromatic rings. The molecule has 2 rings (SSSR count). The van der Waals surface area contributed by atoms with Gasteiger partial charge >= 0.3 is 0 Å². The first kappa shape index (κ1) is 17.2. The number of carbonyl (C=O) groups is 1. The zero-order valence-corrected chi connectivity index (χ0v) is 14.4. The van der Waals surface area contributed by atoms with Gasteiger partial charge in [0.15, 0.2) is 0 Å². The van der Waals surface area contributed by atoms with Crippen molar-refractivity contribution in [1.29, 1.82) is 0 Å². The van der Waals surface area contributed by atoms with E-state index in [1.54, 1.807) is 7.05 Å². The maximum absolute atomic E-state index is 12.7. The Morgan fingerprint density at radius 1 is 1.27 bits per heavy atom. The minimum Gasteiger partial charge on any atom is -0.325 e. The highest BCUT2D eigenvalue weighted by Gasteiger charge is 2.29. The number of hydrogen-bond acceptors (Lipinski definition) is 3. The van der Waals surface area contributed by atoms with Crippen LogP contribution in [0, 0.1) is 0 Å². The van der Waals surface area contributed by atoms with E-state index in [-0.39, 0.29) is 21.9 Å². The van der Waals surface area contributed by atoms with E-state index >= 15 is 0 Å². The Morgan fingerprint density at radius 2 is 1.91 bits per heavy atom. The normalized spacial score (nSPS) is 16.7. The predicted octanol–water partition coefficient (Wildman–Crippen LogP) is 3.25. The van der Waals surface area contributed by atoms with Gasteiger partial charge in [0.05, 0.1) is 15.6 Å². The number of nitrogens with zero attached hydrogens (tertiary/aromatic N) is 1. The first-order valence-corrected chi connectivity index (χ1v) is 9.19. The topological polar surface area (TPSA) is 66.5 Å². The summed E-state index contributed by atoms with van der Waals surface area (Å²) in [5.41, 5.74) is 0.411. The molecule has 7 heteroatoms. The second kappa shape index (κ2) is 6.98. The highest BCUT2D eigenvalue weighted by Crippen LogP contribution is 2.30. The summed E-state index contributed by atoms with van der Waals surface area (Å²) in [4.78, 5) is 11.2. The fraction of sp³-hybridized carbons (Fsp3) is 0.533. The molecule has 0 atom stereocenters. The summed E-state index contributed by atoms with van der Waals surface area (Å²) in [5.74, 6) is -0.253. The van der Waals surface area contributed by atoms with E-state index in [0.717, 1.165) is 25.7 Å². The number of amides is 1. The quantitative estimate of drug-likeness (QED) is 0.911. The number of carbonyl (C=O) groups excluding carboxylic acids is 1. The molecule has 1 N–H and O–H groups in total. The predicted molar refractivity (Wildman–Crippen MR) is 87.6 cm³/mol. The Kier molecular flexibility index (Phi) is 5.47. The molecule has 1 aliphatic rings. The van der Waals surface area contributed by atoms with E-state index in [1.807, 2.05) is 0 Å². The lowest BCUT2D eigenvalue weighted by atomic mass is 9.96. The van der Waals surface area contributed by atoms with Crippen molar-refractivity contribution in [3.8, 4) is 0 Å². The van der Waals surface area contributed by atoms with E-state index in [9.17, 15) is 13.2 Å². The van der Waals surface area contributed by atoms with Gasteiger partial charge in [0.2, 0.25) is 15.9 Å². The van der Waals surface area contributed by atoms with Crippen LogP contribution in [0.4, 0.5) is 5.69 Å². The minimum atomic E-state index is -3.57. The fourth-order valence-corrected chi connectivity index (χ4v) is 4.49. The molecular formula is C15H21ClN2O3S. The molecule has 0 aliphatic heterocycles. The molecule has 0 bridgehead atoms. The Labute approximate surface area is 136 Å². The second-order valence-electron chi connectivity index (χ2n) is 5.64. The molecular weight excluding hydrogens is 324 g/mol. The zero-order chi connectivity index (χ0) is 16.3. The van der Waals surface area contributed by atoms with E-state index < -0.39 is 10.0 Å². The Morgan fingerprint density at radius 3 is 2.45 bits per heavy atom. The molecule has 0 aromatic heterocycles. The summed E-state index contributed by atoms with van der Waals surface area (Å²) in [5, 5.41) is 2.78. The van der Waals surface area contributed by atoms with E-state index in [2.05, 4.69) is 5.32 Å². The molecule has 5 nitrogen and oxygen atoms in total. The highest BCUT2D eigenvalue weighted by atomic mass is 35.5. The fourth-order valence-electron chi connectivity index (χ4n) is 2.75. The van der Waals surface area contributed by atoms with E-state index in [4.69, 9.17) is 11.6 Å². The average Bonchev–Trinajstić information content (AvgIpc) is 2.49. The number of benzene rings is 1. The van der Waals surface area contributed by atoms with Crippen molar-refractivity contribution in [2.45, 2.75) is 50.0 Å². The minimum absolute atomic E-state index is 0.0487. The van der Waals surface area contributed by atoms with Gasteiger partial charge in [0.25, 0.3) is 0 Å². The lowest BCUT2D eigenvalue weighted by molar-refractivity contribution is -0.114. The van der Waals surface area contributed by atoms with Gasteiger partial charge in [0.1, 0.15) is 0 Å². The van der Waals surface area contributed by atoms with Crippen LogP contribution in [0.25, 0.3) is 0 Å². The van der Waals surface area contributed by atoms with Crippen molar-refractivity contribution < 1.29 is 13.2 Å². The number of nitrogens with one attached hydrogen (secondary N) is 1. The van der Waals surface area contributed by atoms with Gasteiger partial charge in [-0.2, -0.15) is 4.31 Å². The highest BCUT2D eigenvalue weighted by molar-refractivity contribution is 7.89. The molecule has 1 aromatic carbocycles. The average molecular weight is 345 g/mol. The third-order valence-corrected chi connectivity index (χ3v) is 6.24. The van der Waals surface area contributed by atoms with Crippen LogP contribution in [0.2, 0.25) is 5.02 Å². The summed E-state index contributed by atoms with van der Waals surface area (Å²) in [6, 6.07) is 4.44. The van der Waals surface area contributed by atoms with Gasteiger partial charge in [-0.15, -0.1) is 0 Å². The van der Waals surface area contributed by atoms with Crippen LogP contribution in [-0.2, 0) is 14.8 Å². The first-order valence-electron chi connectivity index (χ1n) is 7.37. The number of sulfonamides is 1. The first-order chi connectivity index (χ1) is 10.3. The SMILES string of the molecule is CC(=O)Nc1ccc(S(=O)(=O)N(C)C2CCCCC2)cc1Cl. The van der Waals surface area contributed by atoms with Crippen molar-refractivity contribution >= 4 is 33.2 Å². The van der Waals surface area contributed by atoms with Crippen molar-refractivity contribution in [2.24, 2.45) is 0 Å². The molecule has 1 aliphatic carbocycles.